The van der Waals surface area contributed by atoms with E-state index >= 15 is 0 Å². The fourth-order valence-electron chi connectivity index (χ4n) is 5.16. The lowest BCUT2D eigenvalue weighted by Crippen LogP contribution is -2.45. The summed E-state index contributed by atoms with van der Waals surface area (Å²) in [4.78, 5) is 12.3. The lowest BCUT2D eigenvalue weighted by molar-refractivity contribution is -0.123. The van der Waals surface area contributed by atoms with Gasteiger partial charge in [-0.25, -0.2) is 0 Å². The van der Waals surface area contributed by atoms with Crippen LogP contribution in [-0.4, -0.2) is 46.1 Å². The van der Waals surface area contributed by atoms with Gasteiger partial charge in [0.25, 0.3) is 0 Å². The molecule has 0 aromatic rings. The number of allylic oxidation sites excluding steroid dienone is 8. The Bertz CT molecular complexity index is 785. The van der Waals surface area contributed by atoms with Crippen LogP contribution in [0.1, 0.15) is 162 Å². The number of carbonyl (C=O) groups excluding carboxylic acids is 1. The van der Waals surface area contributed by atoms with Crippen molar-refractivity contribution in [3.63, 3.8) is 0 Å². The molecule has 0 fully saturated rings. The summed E-state index contributed by atoms with van der Waals surface area (Å²) in [6.45, 7) is 4.17. The Kier molecular flexibility index (Phi) is 33.4. The molecule has 4 N–H and O–H groups in total. The average molecular weight is 630 g/mol. The first-order valence-electron chi connectivity index (χ1n) is 18.6. The van der Waals surface area contributed by atoms with E-state index in [4.69, 9.17) is 0 Å². The third-order valence-electron chi connectivity index (χ3n) is 8.10. The molecule has 1 amide bonds. The molecule has 5 heteroatoms. The molecule has 0 unspecified atom stereocenters. The van der Waals surface area contributed by atoms with Crippen LogP contribution in [0.15, 0.2) is 60.8 Å². The van der Waals surface area contributed by atoms with E-state index in [1.165, 1.54) is 103 Å². The predicted molar refractivity (Wildman–Crippen MR) is 194 cm³/mol. The fraction of sp³-hybridized carbons (Fsp3) is 0.725. The SMILES string of the molecule is CCCCC/C=C\C/C=C\C/C=C\C=C\[C@H](O)CCCC(=O)N[C@@H](CO)[C@H](O)/C=C/CCCCCCCCCCCCCCC. The minimum absolute atomic E-state index is 0.225. The Balaban J connectivity index is 3.88. The van der Waals surface area contributed by atoms with E-state index < -0.39 is 18.2 Å². The molecule has 3 atom stereocenters. The van der Waals surface area contributed by atoms with Gasteiger partial charge in [-0.15, -0.1) is 0 Å². The molecule has 0 saturated heterocycles. The lowest BCUT2D eigenvalue weighted by atomic mass is 10.0. The highest BCUT2D eigenvalue weighted by Gasteiger charge is 2.18. The highest BCUT2D eigenvalue weighted by atomic mass is 16.3. The molecular weight excluding hydrogens is 558 g/mol. The van der Waals surface area contributed by atoms with Gasteiger partial charge < -0.3 is 20.6 Å². The number of nitrogens with one attached hydrogen (secondary N) is 1. The van der Waals surface area contributed by atoms with Crippen LogP contribution in [-0.2, 0) is 4.79 Å². The Morgan fingerprint density at radius 1 is 0.600 bits per heavy atom. The van der Waals surface area contributed by atoms with Gasteiger partial charge in [0.2, 0.25) is 5.91 Å². The molecule has 0 rings (SSSR count). The molecule has 0 aliphatic carbocycles. The van der Waals surface area contributed by atoms with Crippen molar-refractivity contribution in [3.8, 4) is 0 Å². The highest BCUT2D eigenvalue weighted by Crippen LogP contribution is 2.13. The third kappa shape index (κ3) is 31.8. The van der Waals surface area contributed by atoms with Crippen LogP contribution in [0.3, 0.4) is 0 Å². The van der Waals surface area contributed by atoms with Crippen LogP contribution in [0.5, 0.6) is 0 Å². The fourth-order valence-corrected chi connectivity index (χ4v) is 5.16. The number of amides is 1. The topological polar surface area (TPSA) is 89.8 Å². The van der Waals surface area contributed by atoms with Crippen LogP contribution in [0.2, 0.25) is 0 Å². The molecule has 0 saturated carbocycles. The van der Waals surface area contributed by atoms with Gasteiger partial charge in [-0.2, -0.15) is 0 Å². The first-order chi connectivity index (χ1) is 22.0. The van der Waals surface area contributed by atoms with E-state index in [1.54, 1.807) is 12.2 Å². The summed E-state index contributed by atoms with van der Waals surface area (Å²) in [7, 11) is 0. The maximum Gasteiger partial charge on any atom is 0.220 e. The summed E-state index contributed by atoms with van der Waals surface area (Å²) >= 11 is 0. The molecule has 260 valence electrons. The largest absolute Gasteiger partial charge is 0.394 e. The number of aliphatic hydroxyl groups excluding tert-OH is 3. The van der Waals surface area contributed by atoms with Crippen LogP contribution >= 0.6 is 0 Å². The Labute approximate surface area is 278 Å². The monoisotopic (exact) mass is 630 g/mol. The summed E-state index contributed by atoms with van der Waals surface area (Å²) in [6, 6.07) is -0.716. The maximum atomic E-state index is 12.3. The van der Waals surface area contributed by atoms with Crippen molar-refractivity contribution in [3.05, 3.63) is 60.8 Å². The molecular formula is C40H71NO4. The molecule has 0 aromatic heterocycles. The van der Waals surface area contributed by atoms with E-state index in [0.717, 1.165) is 25.7 Å². The quantitative estimate of drug-likeness (QED) is 0.0339. The minimum atomic E-state index is -0.914. The van der Waals surface area contributed by atoms with E-state index in [-0.39, 0.29) is 18.9 Å². The Morgan fingerprint density at radius 3 is 1.73 bits per heavy atom. The zero-order chi connectivity index (χ0) is 33.1. The van der Waals surface area contributed by atoms with Gasteiger partial charge in [-0.3, -0.25) is 4.79 Å². The summed E-state index contributed by atoms with van der Waals surface area (Å²) in [5.74, 6) is -0.225. The first-order valence-corrected chi connectivity index (χ1v) is 18.6. The second-order valence-corrected chi connectivity index (χ2v) is 12.5. The van der Waals surface area contributed by atoms with Crippen LogP contribution < -0.4 is 5.32 Å². The van der Waals surface area contributed by atoms with Crippen LogP contribution in [0.25, 0.3) is 0 Å². The first kappa shape index (κ1) is 43.0. The molecule has 5 nitrogen and oxygen atoms in total. The summed E-state index contributed by atoms with van der Waals surface area (Å²) in [6.07, 6.45) is 44.7. The van der Waals surface area contributed by atoms with Crippen molar-refractivity contribution in [1.29, 1.82) is 0 Å². The van der Waals surface area contributed by atoms with Gasteiger partial charge in [-0.1, -0.05) is 164 Å². The molecule has 45 heavy (non-hydrogen) atoms. The normalized spacial score (nSPS) is 14.5. The smallest absolute Gasteiger partial charge is 0.220 e. The van der Waals surface area contributed by atoms with E-state index in [1.807, 2.05) is 24.3 Å². The predicted octanol–water partition coefficient (Wildman–Crippen LogP) is 9.98. The zero-order valence-electron chi connectivity index (χ0n) is 29.2. The van der Waals surface area contributed by atoms with Crippen molar-refractivity contribution < 1.29 is 20.1 Å². The van der Waals surface area contributed by atoms with Crippen LogP contribution in [0.4, 0.5) is 0 Å². The van der Waals surface area contributed by atoms with Gasteiger partial charge in [0.05, 0.1) is 24.9 Å². The minimum Gasteiger partial charge on any atom is -0.394 e. The number of hydrogen-bond donors (Lipinski definition) is 4. The number of aliphatic hydroxyl groups is 3. The molecule has 0 radical (unpaired) electrons. The van der Waals surface area contributed by atoms with Crippen molar-refractivity contribution in [2.24, 2.45) is 0 Å². The van der Waals surface area contributed by atoms with Crippen molar-refractivity contribution in [1.82, 2.24) is 5.32 Å². The second-order valence-electron chi connectivity index (χ2n) is 12.5. The van der Waals surface area contributed by atoms with E-state index in [9.17, 15) is 20.1 Å². The van der Waals surface area contributed by atoms with E-state index in [0.29, 0.717) is 12.8 Å². The standard InChI is InChI=1S/C40H71NO4/c1-3-5-7-9-11-13-15-17-18-20-22-24-26-28-30-34-39(44)38(36-42)41-40(45)35-31-33-37(43)32-29-27-25-23-21-19-16-14-12-10-8-6-4-2/h12,14,19,21,25,27,29-30,32,34,37-39,42-44H,3-11,13,15-18,20,22-24,26,28,31,33,35-36H2,1-2H3,(H,41,45)/b14-12-,21-19-,27-25-,32-29+,34-30+/t37-,38-,39+/m0/s1. The molecule has 0 spiro atoms. The highest BCUT2D eigenvalue weighted by molar-refractivity contribution is 5.76. The molecule has 0 heterocycles. The van der Waals surface area contributed by atoms with Gasteiger partial charge in [0.15, 0.2) is 0 Å². The molecule has 0 aromatic carbocycles. The summed E-state index contributed by atoms with van der Waals surface area (Å²) < 4.78 is 0. The zero-order valence-corrected chi connectivity index (χ0v) is 29.2. The van der Waals surface area contributed by atoms with Crippen molar-refractivity contribution in [2.75, 3.05) is 6.61 Å². The second kappa shape index (κ2) is 34.9. The van der Waals surface area contributed by atoms with E-state index in [2.05, 4.69) is 43.5 Å². The number of unbranched alkanes of at least 4 members (excludes halogenated alkanes) is 16. The third-order valence-corrected chi connectivity index (χ3v) is 8.10. The van der Waals surface area contributed by atoms with Crippen LogP contribution in [0, 0.1) is 0 Å². The lowest BCUT2D eigenvalue weighted by Gasteiger charge is -2.20. The van der Waals surface area contributed by atoms with Crippen molar-refractivity contribution in [2.45, 2.75) is 180 Å². The summed E-state index contributed by atoms with van der Waals surface area (Å²) in [5.41, 5.74) is 0. The number of rotatable bonds is 32. The Morgan fingerprint density at radius 2 is 1.11 bits per heavy atom. The Hall–Kier alpha value is -1.95. The molecule has 0 bridgehead atoms. The van der Waals surface area contributed by atoms with Gasteiger partial charge in [-0.05, 0) is 51.4 Å². The summed E-state index contributed by atoms with van der Waals surface area (Å²) in [5, 5.41) is 32.9. The van der Waals surface area contributed by atoms with Gasteiger partial charge >= 0.3 is 0 Å². The van der Waals surface area contributed by atoms with Gasteiger partial charge in [0, 0.05) is 6.42 Å². The average Bonchev–Trinajstić information content (AvgIpc) is 3.03. The molecule has 0 aliphatic heterocycles. The maximum absolute atomic E-state index is 12.3. The number of hydrogen-bond acceptors (Lipinski definition) is 4. The van der Waals surface area contributed by atoms with Crippen molar-refractivity contribution >= 4 is 5.91 Å². The van der Waals surface area contributed by atoms with Gasteiger partial charge in [0.1, 0.15) is 0 Å². The number of carbonyl (C=O) groups is 1. The molecule has 0 aliphatic rings.